The van der Waals surface area contributed by atoms with Crippen LogP contribution in [0.5, 0.6) is 0 Å². The van der Waals surface area contributed by atoms with Crippen molar-refractivity contribution in [2.45, 2.75) is 40.7 Å². The van der Waals surface area contributed by atoms with Crippen LogP contribution in [0.25, 0.3) is 11.5 Å². The van der Waals surface area contributed by atoms with E-state index in [0.29, 0.717) is 11.6 Å². The summed E-state index contributed by atoms with van der Waals surface area (Å²) in [6, 6.07) is 7.87. The summed E-state index contributed by atoms with van der Waals surface area (Å²) in [5, 5.41) is 15.0. The third-order valence-electron chi connectivity index (χ3n) is 3.85. The molecule has 130 valence electrons. The van der Waals surface area contributed by atoms with Gasteiger partial charge >= 0.3 is 6.01 Å². The maximum atomic E-state index is 12.5. The highest BCUT2D eigenvalue weighted by Gasteiger charge is 2.19. The summed E-state index contributed by atoms with van der Waals surface area (Å²) in [5.41, 5.74) is 4.22. The van der Waals surface area contributed by atoms with Gasteiger partial charge in [-0.25, -0.2) is 0 Å². The first-order valence-electron chi connectivity index (χ1n) is 8.14. The van der Waals surface area contributed by atoms with Crippen LogP contribution < -0.4 is 5.32 Å². The highest BCUT2D eigenvalue weighted by atomic mass is 16.4. The number of carbonyl (C=O) groups is 1. The lowest BCUT2D eigenvalue weighted by atomic mass is 10.1. The molecule has 3 rings (SSSR count). The summed E-state index contributed by atoms with van der Waals surface area (Å²) in [6.45, 7) is 9.75. The molecule has 2 aromatic heterocycles. The molecule has 1 aromatic carbocycles. The Kier molecular flexibility index (Phi) is 4.39. The summed E-state index contributed by atoms with van der Waals surface area (Å²) in [4.78, 5) is 12.5. The Balaban J connectivity index is 1.84. The van der Waals surface area contributed by atoms with Crippen molar-refractivity contribution < 1.29 is 9.21 Å². The SMILES string of the molecule is Cc1ccc(C)c(-c2nnc(NC(=O)c3cc(C)nn3C(C)C)o2)c1. The Morgan fingerprint density at radius 3 is 2.64 bits per heavy atom. The zero-order chi connectivity index (χ0) is 18.1. The number of anilines is 1. The van der Waals surface area contributed by atoms with Gasteiger partial charge in [-0.15, -0.1) is 5.10 Å². The Labute approximate surface area is 146 Å². The molecule has 1 N–H and O–H groups in total. The van der Waals surface area contributed by atoms with Crippen LogP contribution >= 0.6 is 0 Å². The molecule has 0 aliphatic rings. The standard InChI is InChI=1S/C18H21N5O2/c1-10(2)23-15(9-13(5)22-23)16(24)19-18-21-20-17(25-18)14-8-11(3)6-7-12(14)4/h6-10H,1-5H3,(H,19,21,24). The largest absolute Gasteiger partial charge is 0.403 e. The second-order valence-electron chi connectivity index (χ2n) is 6.39. The van der Waals surface area contributed by atoms with E-state index < -0.39 is 0 Å². The molecular formula is C18H21N5O2. The molecule has 0 radical (unpaired) electrons. The molecule has 0 atom stereocenters. The van der Waals surface area contributed by atoms with Crippen molar-refractivity contribution in [2.75, 3.05) is 5.32 Å². The fourth-order valence-corrected chi connectivity index (χ4v) is 2.59. The van der Waals surface area contributed by atoms with Gasteiger partial charge in [-0.3, -0.25) is 14.8 Å². The van der Waals surface area contributed by atoms with Gasteiger partial charge in [-0.2, -0.15) is 5.10 Å². The molecule has 0 fully saturated rings. The van der Waals surface area contributed by atoms with Gasteiger partial charge in [0.1, 0.15) is 5.69 Å². The number of nitrogens with zero attached hydrogens (tertiary/aromatic N) is 4. The maximum Gasteiger partial charge on any atom is 0.322 e. The lowest BCUT2D eigenvalue weighted by molar-refractivity contribution is 0.101. The second kappa shape index (κ2) is 6.51. The number of benzene rings is 1. The number of hydrogen-bond donors (Lipinski definition) is 1. The topological polar surface area (TPSA) is 85.8 Å². The molecule has 0 aliphatic heterocycles. The quantitative estimate of drug-likeness (QED) is 0.783. The molecule has 0 saturated carbocycles. The number of hydrogen-bond acceptors (Lipinski definition) is 5. The molecule has 1 amide bonds. The van der Waals surface area contributed by atoms with E-state index in [2.05, 4.69) is 20.6 Å². The summed E-state index contributed by atoms with van der Waals surface area (Å²) in [7, 11) is 0. The van der Waals surface area contributed by atoms with Crippen molar-refractivity contribution in [1.29, 1.82) is 0 Å². The van der Waals surface area contributed by atoms with Crippen LogP contribution in [0.15, 0.2) is 28.7 Å². The lowest BCUT2D eigenvalue weighted by Gasteiger charge is -2.09. The summed E-state index contributed by atoms with van der Waals surface area (Å²) < 4.78 is 7.29. The zero-order valence-corrected chi connectivity index (χ0v) is 15.0. The summed E-state index contributed by atoms with van der Waals surface area (Å²) >= 11 is 0. The highest BCUT2D eigenvalue weighted by molar-refractivity contribution is 6.02. The van der Waals surface area contributed by atoms with Crippen molar-refractivity contribution in [1.82, 2.24) is 20.0 Å². The molecule has 7 nitrogen and oxygen atoms in total. The van der Waals surface area contributed by atoms with Crippen LogP contribution in [0.4, 0.5) is 6.01 Å². The van der Waals surface area contributed by atoms with E-state index in [9.17, 15) is 4.79 Å². The number of aromatic nitrogens is 4. The molecule has 0 aliphatic carbocycles. The Hall–Kier alpha value is -2.96. The fourth-order valence-electron chi connectivity index (χ4n) is 2.59. The summed E-state index contributed by atoms with van der Waals surface area (Å²) in [5.74, 6) is 0.0514. The first-order chi connectivity index (χ1) is 11.8. The van der Waals surface area contributed by atoms with Gasteiger partial charge in [-0.1, -0.05) is 22.8 Å². The van der Waals surface area contributed by atoms with Crippen molar-refractivity contribution >= 4 is 11.9 Å². The molecule has 0 bridgehead atoms. The zero-order valence-electron chi connectivity index (χ0n) is 15.0. The third kappa shape index (κ3) is 3.45. The van der Waals surface area contributed by atoms with Crippen molar-refractivity contribution in [2.24, 2.45) is 0 Å². The second-order valence-corrected chi connectivity index (χ2v) is 6.39. The van der Waals surface area contributed by atoms with E-state index in [4.69, 9.17) is 4.42 Å². The molecule has 0 unspecified atom stereocenters. The minimum Gasteiger partial charge on any atom is -0.403 e. The van der Waals surface area contributed by atoms with Gasteiger partial charge in [0.2, 0.25) is 5.89 Å². The van der Waals surface area contributed by atoms with Crippen LogP contribution in [-0.4, -0.2) is 25.9 Å². The minimum atomic E-state index is -0.328. The van der Waals surface area contributed by atoms with Crippen LogP contribution in [0, 0.1) is 20.8 Å². The normalized spacial score (nSPS) is 11.1. The van der Waals surface area contributed by atoms with E-state index >= 15 is 0 Å². The van der Waals surface area contributed by atoms with Crippen LogP contribution in [0.3, 0.4) is 0 Å². The molecule has 3 aromatic rings. The van der Waals surface area contributed by atoms with Crippen molar-refractivity contribution in [3.05, 3.63) is 46.8 Å². The highest BCUT2D eigenvalue weighted by Crippen LogP contribution is 2.25. The van der Waals surface area contributed by atoms with Gasteiger partial charge in [-0.05, 0) is 52.3 Å². The van der Waals surface area contributed by atoms with Crippen LogP contribution in [0.2, 0.25) is 0 Å². The number of aryl methyl sites for hydroxylation is 3. The van der Waals surface area contributed by atoms with Crippen LogP contribution in [0.1, 0.15) is 47.2 Å². The number of amides is 1. The van der Waals surface area contributed by atoms with E-state index in [-0.39, 0.29) is 18.0 Å². The average Bonchev–Trinajstić information content (AvgIpc) is 3.16. The predicted molar refractivity (Wildman–Crippen MR) is 94.5 cm³/mol. The van der Waals surface area contributed by atoms with Crippen LogP contribution in [-0.2, 0) is 0 Å². The third-order valence-corrected chi connectivity index (χ3v) is 3.85. The van der Waals surface area contributed by atoms with E-state index in [1.165, 1.54) is 0 Å². The number of nitrogens with one attached hydrogen (secondary N) is 1. The summed E-state index contributed by atoms with van der Waals surface area (Å²) in [6.07, 6.45) is 0. The molecular weight excluding hydrogens is 318 g/mol. The van der Waals surface area contributed by atoms with Gasteiger partial charge < -0.3 is 4.42 Å². The van der Waals surface area contributed by atoms with Crippen molar-refractivity contribution in [3.8, 4) is 11.5 Å². The van der Waals surface area contributed by atoms with Crippen molar-refractivity contribution in [3.63, 3.8) is 0 Å². The smallest absolute Gasteiger partial charge is 0.322 e. The Morgan fingerprint density at radius 2 is 1.92 bits per heavy atom. The Bertz CT molecular complexity index is 923. The number of carbonyl (C=O) groups excluding carboxylic acids is 1. The van der Waals surface area contributed by atoms with E-state index in [1.54, 1.807) is 10.7 Å². The molecule has 7 heteroatoms. The fraction of sp³-hybridized carbons (Fsp3) is 0.333. The average molecular weight is 339 g/mol. The van der Waals surface area contributed by atoms with E-state index in [0.717, 1.165) is 22.4 Å². The lowest BCUT2D eigenvalue weighted by Crippen LogP contribution is -2.19. The molecule has 2 heterocycles. The molecule has 0 saturated heterocycles. The Morgan fingerprint density at radius 1 is 1.16 bits per heavy atom. The maximum absolute atomic E-state index is 12.5. The van der Waals surface area contributed by atoms with Gasteiger partial charge in [0, 0.05) is 11.6 Å². The van der Waals surface area contributed by atoms with Gasteiger partial charge in [0.15, 0.2) is 0 Å². The van der Waals surface area contributed by atoms with Gasteiger partial charge in [0.05, 0.1) is 5.69 Å². The predicted octanol–water partition coefficient (Wildman–Crippen LogP) is 3.69. The minimum absolute atomic E-state index is 0.0649. The van der Waals surface area contributed by atoms with E-state index in [1.807, 2.05) is 52.8 Å². The van der Waals surface area contributed by atoms with Gasteiger partial charge in [0.25, 0.3) is 5.91 Å². The first kappa shape index (κ1) is 16.9. The molecule has 25 heavy (non-hydrogen) atoms. The molecule has 0 spiro atoms. The monoisotopic (exact) mass is 339 g/mol. The first-order valence-corrected chi connectivity index (χ1v) is 8.14. The number of rotatable bonds is 4.